The molecule has 7 heteroatoms. The third-order valence-corrected chi connectivity index (χ3v) is 5.81. The van der Waals surface area contributed by atoms with Gasteiger partial charge in [-0.2, -0.15) is 0 Å². The number of aryl methyl sites for hydroxylation is 1. The summed E-state index contributed by atoms with van der Waals surface area (Å²) in [4.78, 5) is 24.5. The molecule has 0 bridgehead atoms. The second-order valence-electron chi connectivity index (χ2n) is 7.91. The number of carbonyl (C=O) groups excluding carboxylic acids is 1. The van der Waals surface area contributed by atoms with E-state index < -0.39 is 0 Å². The van der Waals surface area contributed by atoms with Crippen molar-refractivity contribution in [2.24, 2.45) is 0 Å². The fourth-order valence-electron chi connectivity index (χ4n) is 4.14. The van der Waals surface area contributed by atoms with Crippen molar-refractivity contribution in [3.8, 4) is 11.5 Å². The Labute approximate surface area is 175 Å². The lowest BCUT2D eigenvalue weighted by atomic mass is 10.0. The van der Waals surface area contributed by atoms with Gasteiger partial charge in [0.15, 0.2) is 17.1 Å². The highest BCUT2D eigenvalue weighted by molar-refractivity contribution is 6.07. The molecule has 1 fully saturated rings. The van der Waals surface area contributed by atoms with Crippen LogP contribution in [-0.4, -0.2) is 40.2 Å². The summed E-state index contributed by atoms with van der Waals surface area (Å²) < 4.78 is 10.9. The van der Waals surface area contributed by atoms with Gasteiger partial charge in [0, 0.05) is 41.6 Å². The van der Waals surface area contributed by atoms with Crippen LogP contribution in [0.25, 0.3) is 11.0 Å². The maximum Gasteiger partial charge on any atom is 0.257 e. The first-order valence-electron chi connectivity index (χ1n) is 10.3. The maximum absolute atomic E-state index is 13.5. The average molecular weight is 404 g/mol. The normalized spacial score (nSPS) is 17.9. The Kier molecular flexibility index (Phi) is 4.65. The lowest BCUT2D eigenvalue weighted by Crippen LogP contribution is -2.42. The predicted octanol–water partition coefficient (Wildman–Crippen LogP) is 4.43. The van der Waals surface area contributed by atoms with Gasteiger partial charge in [-0.25, -0.2) is 9.97 Å². The molecule has 1 saturated heterocycles. The van der Waals surface area contributed by atoms with E-state index in [9.17, 15) is 4.79 Å². The molecule has 2 aliphatic rings. The molecule has 0 unspecified atom stereocenters. The number of aromatic nitrogens is 2. The van der Waals surface area contributed by atoms with Crippen LogP contribution in [0.3, 0.4) is 0 Å². The molecule has 0 aliphatic carbocycles. The zero-order chi connectivity index (χ0) is 20.7. The van der Waals surface area contributed by atoms with Gasteiger partial charge in [0.25, 0.3) is 5.91 Å². The number of hydrogen-bond acceptors (Lipinski definition) is 6. The molecular formula is C23H24N4O3. The van der Waals surface area contributed by atoms with Gasteiger partial charge in [-0.3, -0.25) is 4.79 Å². The molecule has 1 atom stereocenters. The summed E-state index contributed by atoms with van der Waals surface area (Å²) in [6.45, 7) is 5.03. The molecule has 2 aromatic heterocycles. The number of carbonyl (C=O) groups is 1. The summed E-state index contributed by atoms with van der Waals surface area (Å²) in [5.41, 5.74) is 3.58. The Hall–Kier alpha value is -3.35. The number of amides is 1. The van der Waals surface area contributed by atoms with Gasteiger partial charge in [-0.1, -0.05) is 0 Å². The molecule has 3 aromatic rings. The highest BCUT2D eigenvalue weighted by Crippen LogP contribution is 2.37. The molecule has 154 valence electrons. The molecule has 1 N–H and O–H groups in total. The number of likely N-dealkylation sites (tertiary alicyclic amines) is 1. The first kappa shape index (κ1) is 18.7. The minimum atomic E-state index is 0.000387. The number of rotatable bonds is 3. The van der Waals surface area contributed by atoms with Gasteiger partial charge in [-0.15, -0.1) is 0 Å². The Morgan fingerprint density at radius 2 is 2.03 bits per heavy atom. The van der Waals surface area contributed by atoms with E-state index in [0.717, 1.165) is 48.3 Å². The zero-order valence-electron chi connectivity index (χ0n) is 17.1. The standard InChI is InChI=1S/C23H24N4O3/c1-14-6-8-17-21(26-16-7-9-19-20(11-16)30-13-29-19)18(12-24-22(17)25-14)23(28)27-10-4-3-5-15(27)2/h6-9,11-12,15H,3-5,10,13H2,1-2H3,(H,24,25,26)/t15-/m1/s1. The van der Waals surface area contributed by atoms with Crippen molar-refractivity contribution in [3.05, 3.63) is 47.8 Å². The first-order chi connectivity index (χ1) is 14.6. The number of hydrogen-bond donors (Lipinski definition) is 1. The van der Waals surface area contributed by atoms with E-state index >= 15 is 0 Å². The van der Waals surface area contributed by atoms with Crippen molar-refractivity contribution in [3.63, 3.8) is 0 Å². The molecular weight excluding hydrogens is 380 g/mol. The molecule has 7 nitrogen and oxygen atoms in total. The highest BCUT2D eigenvalue weighted by atomic mass is 16.7. The maximum atomic E-state index is 13.5. The second-order valence-corrected chi connectivity index (χ2v) is 7.91. The van der Waals surface area contributed by atoms with E-state index in [0.29, 0.717) is 22.6 Å². The number of piperidine rings is 1. The van der Waals surface area contributed by atoms with Crippen LogP contribution in [0.2, 0.25) is 0 Å². The van der Waals surface area contributed by atoms with E-state index in [-0.39, 0.29) is 18.7 Å². The van der Waals surface area contributed by atoms with Crippen molar-refractivity contribution < 1.29 is 14.3 Å². The first-order valence-corrected chi connectivity index (χ1v) is 10.3. The number of benzene rings is 1. The van der Waals surface area contributed by atoms with Crippen molar-refractivity contribution >= 4 is 28.3 Å². The number of nitrogens with zero attached hydrogens (tertiary/aromatic N) is 3. The Balaban J connectivity index is 1.60. The fourth-order valence-corrected chi connectivity index (χ4v) is 4.14. The third-order valence-electron chi connectivity index (χ3n) is 5.81. The summed E-state index contributed by atoms with van der Waals surface area (Å²) in [5, 5.41) is 4.25. The molecule has 1 aromatic carbocycles. The van der Waals surface area contributed by atoms with E-state index in [2.05, 4.69) is 22.2 Å². The molecule has 30 heavy (non-hydrogen) atoms. The van der Waals surface area contributed by atoms with Gasteiger partial charge in [0.05, 0.1) is 11.3 Å². The molecule has 1 amide bonds. The van der Waals surface area contributed by atoms with Crippen molar-refractivity contribution in [2.45, 2.75) is 39.2 Å². The van der Waals surface area contributed by atoms with Gasteiger partial charge >= 0.3 is 0 Å². The van der Waals surface area contributed by atoms with E-state index in [1.165, 1.54) is 0 Å². The third kappa shape index (κ3) is 3.30. The fraction of sp³-hybridized carbons (Fsp3) is 0.348. The van der Waals surface area contributed by atoms with Crippen LogP contribution in [0.1, 0.15) is 42.2 Å². The minimum Gasteiger partial charge on any atom is -0.454 e. The Bertz CT molecular complexity index is 1130. The number of pyridine rings is 2. The molecule has 0 radical (unpaired) electrons. The summed E-state index contributed by atoms with van der Waals surface area (Å²) in [7, 11) is 0. The largest absolute Gasteiger partial charge is 0.454 e. The molecule has 2 aliphatic heterocycles. The summed E-state index contributed by atoms with van der Waals surface area (Å²) in [6, 6.07) is 9.79. The lowest BCUT2D eigenvalue weighted by Gasteiger charge is -2.34. The predicted molar refractivity (Wildman–Crippen MR) is 114 cm³/mol. The van der Waals surface area contributed by atoms with Gasteiger partial charge in [0.2, 0.25) is 6.79 Å². The monoisotopic (exact) mass is 404 g/mol. The highest BCUT2D eigenvalue weighted by Gasteiger charge is 2.27. The van der Waals surface area contributed by atoms with Crippen LogP contribution in [0.5, 0.6) is 11.5 Å². The summed E-state index contributed by atoms with van der Waals surface area (Å²) in [6.07, 6.45) is 4.86. The van der Waals surface area contributed by atoms with E-state index in [1.807, 2.05) is 42.2 Å². The Morgan fingerprint density at radius 1 is 1.17 bits per heavy atom. The van der Waals surface area contributed by atoms with E-state index in [1.54, 1.807) is 6.20 Å². The average Bonchev–Trinajstić information content (AvgIpc) is 3.21. The molecule has 5 rings (SSSR count). The van der Waals surface area contributed by atoms with Crippen LogP contribution in [0.15, 0.2) is 36.5 Å². The van der Waals surface area contributed by atoms with Crippen LogP contribution < -0.4 is 14.8 Å². The number of nitrogens with one attached hydrogen (secondary N) is 1. The molecule has 4 heterocycles. The van der Waals surface area contributed by atoms with Crippen molar-refractivity contribution in [2.75, 3.05) is 18.7 Å². The minimum absolute atomic E-state index is 0.000387. The van der Waals surface area contributed by atoms with Gasteiger partial charge < -0.3 is 19.7 Å². The SMILES string of the molecule is Cc1ccc2c(Nc3ccc4c(c3)OCO4)c(C(=O)N3CCCC[C@H]3C)cnc2n1. The summed E-state index contributed by atoms with van der Waals surface area (Å²) in [5.74, 6) is 1.40. The van der Waals surface area contributed by atoms with Crippen LogP contribution in [-0.2, 0) is 0 Å². The van der Waals surface area contributed by atoms with Crippen LogP contribution in [0.4, 0.5) is 11.4 Å². The van der Waals surface area contributed by atoms with Crippen molar-refractivity contribution in [1.29, 1.82) is 0 Å². The number of fused-ring (bicyclic) bond motifs is 2. The van der Waals surface area contributed by atoms with Gasteiger partial charge in [-0.05, 0) is 57.4 Å². The lowest BCUT2D eigenvalue weighted by molar-refractivity contribution is 0.0636. The number of anilines is 2. The van der Waals surface area contributed by atoms with Gasteiger partial charge in [0.1, 0.15) is 0 Å². The van der Waals surface area contributed by atoms with Crippen LogP contribution >= 0.6 is 0 Å². The summed E-state index contributed by atoms with van der Waals surface area (Å²) >= 11 is 0. The smallest absolute Gasteiger partial charge is 0.257 e. The quantitative estimate of drug-likeness (QED) is 0.696. The Morgan fingerprint density at radius 3 is 2.90 bits per heavy atom. The zero-order valence-corrected chi connectivity index (χ0v) is 17.1. The topological polar surface area (TPSA) is 76.6 Å². The number of ether oxygens (including phenoxy) is 2. The molecule has 0 spiro atoms. The molecule has 0 saturated carbocycles. The van der Waals surface area contributed by atoms with E-state index in [4.69, 9.17) is 9.47 Å². The van der Waals surface area contributed by atoms with Crippen LogP contribution in [0, 0.1) is 6.92 Å². The van der Waals surface area contributed by atoms with Crippen molar-refractivity contribution in [1.82, 2.24) is 14.9 Å². The second kappa shape index (κ2) is 7.48.